The van der Waals surface area contributed by atoms with Gasteiger partial charge in [0.05, 0.1) is 5.75 Å². The summed E-state index contributed by atoms with van der Waals surface area (Å²) in [5.74, 6) is 0.739. The van der Waals surface area contributed by atoms with E-state index in [9.17, 15) is 4.79 Å². The van der Waals surface area contributed by atoms with Gasteiger partial charge in [-0.3, -0.25) is 4.79 Å². The summed E-state index contributed by atoms with van der Waals surface area (Å²) in [7, 11) is 0. The Morgan fingerprint density at radius 2 is 2.14 bits per heavy atom. The first kappa shape index (κ1) is 15.6. The molecule has 1 N–H and O–H groups in total. The normalized spacial score (nSPS) is 12.1. The second-order valence-electron chi connectivity index (χ2n) is 4.85. The van der Waals surface area contributed by atoms with Gasteiger partial charge in [0.15, 0.2) is 0 Å². The average Bonchev–Trinajstić information content (AvgIpc) is 2.94. The summed E-state index contributed by atoms with van der Waals surface area (Å²) in [4.78, 5) is 11.7. The van der Waals surface area contributed by atoms with Gasteiger partial charge in [0.2, 0.25) is 11.8 Å². The molecule has 1 atom stereocenters. The van der Waals surface area contributed by atoms with Crippen molar-refractivity contribution < 1.29 is 9.21 Å². The van der Waals surface area contributed by atoms with E-state index in [-0.39, 0.29) is 17.7 Å². The second-order valence-corrected chi connectivity index (χ2v) is 5.78. The Kier molecular flexibility index (Phi) is 5.38. The molecule has 1 amide bonds. The number of nitrogens with one attached hydrogen (secondary N) is 1. The number of aromatic nitrogens is 2. The van der Waals surface area contributed by atoms with E-state index in [4.69, 9.17) is 4.42 Å². The molecule has 1 heterocycles. The number of amides is 1. The van der Waals surface area contributed by atoms with Crippen molar-refractivity contribution in [1.29, 1.82) is 0 Å². The van der Waals surface area contributed by atoms with Gasteiger partial charge in [0.1, 0.15) is 0 Å². The van der Waals surface area contributed by atoms with Gasteiger partial charge in [0.25, 0.3) is 5.22 Å². The van der Waals surface area contributed by atoms with Crippen LogP contribution >= 0.6 is 11.8 Å². The number of carbonyl (C=O) groups excluding carboxylic acids is 1. The van der Waals surface area contributed by atoms with Crippen molar-refractivity contribution in [3.8, 4) is 11.5 Å². The second kappa shape index (κ2) is 7.26. The molecule has 2 rings (SSSR count). The van der Waals surface area contributed by atoms with Crippen LogP contribution in [0.5, 0.6) is 0 Å². The van der Waals surface area contributed by atoms with E-state index in [0.29, 0.717) is 11.1 Å². The van der Waals surface area contributed by atoms with Crippen molar-refractivity contribution in [2.24, 2.45) is 0 Å². The van der Waals surface area contributed by atoms with Gasteiger partial charge in [-0.05, 0) is 31.9 Å². The SMILES string of the molecule is CC[C@@H](C)NC(=O)CSc1nnc(-c2ccccc2C)o1. The summed E-state index contributed by atoms with van der Waals surface area (Å²) < 4.78 is 5.59. The van der Waals surface area contributed by atoms with E-state index in [1.807, 2.05) is 45.0 Å². The minimum Gasteiger partial charge on any atom is -0.411 e. The molecule has 1 aromatic carbocycles. The minimum atomic E-state index is -0.0232. The molecule has 0 saturated heterocycles. The Morgan fingerprint density at radius 1 is 1.38 bits per heavy atom. The van der Waals surface area contributed by atoms with Crippen LogP contribution in [0.4, 0.5) is 0 Å². The first-order valence-electron chi connectivity index (χ1n) is 6.91. The van der Waals surface area contributed by atoms with Gasteiger partial charge in [-0.1, -0.05) is 36.9 Å². The molecular formula is C15H19N3O2S. The van der Waals surface area contributed by atoms with Gasteiger partial charge in [-0.25, -0.2) is 0 Å². The van der Waals surface area contributed by atoms with Crippen LogP contribution in [0.15, 0.2) is 33.9 Å². The Hall–Kier alpha value is -1.82. The molecule has 6 heteroatoms. The molecule has 2 aromatic rings. The number of hydrogen-bond acceptors (Lipinski definition) is 5. The van der Waals surface area contributed by atoms with Gasteiger partial charge in [-0.2, -0.15) is 0 Å². The molecule has 0 aliphatic rings. The standard InChI is InChI=1S/C15H19N3O2S/c1-4-11(3)16-13(19)9-21-15-18-17-14(20-15)12-8-6-5-7-10(12)2/h5-8,11H,4,9H2,1-3H3,(H,16,19)/t11-/m1/s1. The summed E-state index contributed by atoms with van der Waals surface area (Å²) in [5.41, 5.74) is 1.99. The maximum Gasteiger partial charge on any atom is 0.277 e. The Balaban J connectivity index is 1.95. The number of rotatable bonds is 6. The summed E-state index contributed by atoms with van der Waals surface area (Å²) >= 11 is 1.25. The monoisotopic (exact) mass is 305 g/mol. The van der Waals surface area contributed by atoms with Gasteiger partial charge in [-0.15, -0.1) is 10.2 Å². The van der Waals surface area contributed by atoms with Crippen LogP contribution in [0.1, 0.15) is 25.8 Å². The van der Waals surface area contributed by atoms with Crippen LogP contribution in [0.3, 0.4) is 0 Å². The molecule has 1 aromatic heterocycles. The molecule has 21 heavy (non-hydrogen) atoms. The summed E-state index contributed by atoms with van der Waals surface area (Å²) in [6, 6.07) is 8.00. The smallest absolute Gasteiger partial charge is 0.277 e. The number of thioether (sulfide) groups is 1. The van der Waals surface area contributed by atoms with Gasteiger partial charge < -0.3 is 9.73 Å². The first-order chi connectivity index (χ1) is 10.1. The molecule has 0 saturated carbocycles. The number of carbonyl (C=O) groups is 1. The molecule has 0 unspecified atom stereocenters. The van der Waals surface area contributed by atoms with Crippen LogP contribution in [-0.4, -0.2) is 27.9 Å². The van der Waals surface area contributed by atoms with E-state index >= 15 is 0 Å². The molecule has 0 bridgehead atoms. The van der Waals surface area contributed by atoms with Crippen LogP contribution in [0.25, 0.3) is 11.5 Å². The van der Waals surface area contributed by atoms with Crippen LogP contribution < -0.4 is 5.32 Å². The van der Waals surface area contributed by atoms with E-state index in [0.717, 1.165) is 17.5 Å². The average molecular weight is 305 g/mol. The minimum absolute atomic E-state index is 0.0232. The van der Waals surface area contributed by atoms with E-state index in [1.165, 1.54) is 11.8 Å². The van der Waals surface area contributed by atoms with Crippen LogP contribution in [-0.2, 0) is 4.79 Å². The van der Waals surface area contributed by atoms with Crippen molar-refractivity contribution in [3.05, 3.63) is 29.8 Å². The zero-order valence-corrected chi connectivity index (χ0v) is 13.2. The Labute approximate surface area is 128 Å². The zero-order valence-electron chi connectivity index (χ0n) is 12.4. The van der Waals surface area contributed by atoms with E-state index in [1.54, 1.807) is 0 Å². The lowest BCUT2D eigenvalue weighted by atomic mass is 10.1. The van der Waals surface area contributed by atoms with Crippen molar-refractivity contribution >= 4 is 17.7 Å². The predicted molar refractivity (Wildman–Crippen MR) is 83.1 cm³/mol. The Bertz CT molecular complexity index is 612. The molecule has 0 fully saturated rings. The lowest BCUT2D eigenvalue weighted by Gasteiger charge is -2.09. The van der Waals surface area contributed by atoms with E-state index < -0.39 is 0 Å². The summed E-state index contributed by atoms with van der Waals surface area (Å²) in [6.45, 7) is 6.00. The Morgan fingerprint density at radius 3 is 2.86 bits per heavy atom. The van der Waals surface area contributed by atoms with Gasteiger partial charge in [0, 0.05) is 11.6 Å². The maximum atomic E-state index is 11.7. The molecule has 0 spiro atoms. The van der Waals surface area contributed by atoms with Crippen LogP contribution in [0.2, 0.25) is 0 Å². The maximum absolute atomic E-state index is 11.7. The summed E-state index contributed by atoms with van der Waals surface area (Å²) in [5, 5.41) is 11.3. The first-order valence-corrected chi connectivity index (χ1v) is 7.90. The third-order valence-electron chi connectivity index (χ3n) is 3.13. The summed E-state index contributed by atoms with van der Waals surface area (Å²) in [6.07, 6.45) is 0.911. The fraction of sp³-hybridized carbons (Fsp3) is 0.400. The lowest BCUT2D eigenvalue weighted by molar-refractivity contribution is -0.119. The third-order valence-corrected chi connectivity index (χ3v) is 3.95. The highest BCUT2D eigenvalue weighted by molar-refractivity contribution is 7.99. The zero-order chi connectivity index (χ0) is 15.2. The molecule has 0 radical (unpaired) electrons. The van der Waals surface area contributed by atoms with Crippen molar-refractivity contribution in [2.45, 2.75) is 38.5 Å². The van der Waals surface area contributed by atoms with E-state index in [2.05, 4.69) is 15.5 Å². The molecular weight excluding hydrogens is 286 g/mol. The van der Waals surface area contributed by atoms with Gasteiger partial charge >= 0.3 is 0 Å². The fourth-order valence-electron chi connectivity index (χ4n) is 1.74. The highest BCUT2D eigenvalue weighted by Gasteiger charge is 2.13. The molecule has 112 valence electrons. The highest BCUT2D eigenvalue weighted by Crippen LogP contribution is 2.25. The lowest BCUT2D eigenvalue weighted by Crippen LogP contribution is -2.33. The highest BCUT2D eigenvalue weighted by atomic mass is 32.2. The predicted octanol–water partition coefficient (Wildman–Crippen LogP) is 3.05. The number of hydrogen-bond donors (Lipinski definition) is 1. The van der Waals surface area contributed by atoms with Crippen molar-refractivity contribution in [1.82, 2.24) is 15.5 Å². The number of benzene rings is 1. The fourth-order valence-corrected chi connectivity index (χ4v) is 2.31. The number of nitrogens with zero attached hydrogens (tertiary/aromatic N) is 2. The van der Waals surface area contributed by atoms with Crippen molar-refractivity contribution in [3.63, 3.8) is 0 Å². The topological polar surface area (TPSA) is 68.0 Å². The molecule has 0 aliphatic heterocycles. The largest absolute Gasteiger partial charge is 0.411 e. The number of aryl methyl sites for hydroxylation is 1. The van der Waals surface area contributed by atoms with Crippen LogP contribution in [0, 0.1) is 6.92 Å². The molecule has 0 aliphatic carbocycles. The third kappa shape index (κ3) is 4.32. The van der Waals surface area contributed by atoms with Crippen molar-refractivity contribution in [2.75, 3.05) is 5.75 Å². The molecule has 5 nitrogen and oxygen atoms in total. The quantitative estimate of drug-likeness (QED) is 0.831.